The van der Waals surface area contributed by atoms with Crippen molar-refractivity contribution in [2.24, 2.45) is 0 Å². The van der Waals surface area contributed by atoms with Gasteiger partial charge in [-0.2, -0.15) is 0 Å². The zero-order valence-electron chi connectivity index (χ0n) is 9.34. The second-order valence-corrected chi connectivity index (χ2v) is 6.56. The van der Waals surface area contributed by atoms with Crippen molar-refractivity contribution in [3.05, 3.63) is 67.7 Å². The van der Waals surface area contributed by atoms with Crippen LogP contribution in [0.3, 0.4) is 0 Å². The Kier molecular flexibility index (Phi) is 3.10. The summed E-state index contributed by atoms with van der Waals surface area (Å²) in [4.78, 5) is 0. The third-order valence-corrected chi connectivity index (χ3v) is 4.43. The van der Waals surface area contributed by atoms with Gasteiger partial charge in [-0.1, -0.05) is 68.3 Å². The van der Waals surface area contributed by atoms with E-state index in [1.165, 1.54) is 31.3 Å². The van der Waals surface area contributed by atoms with Gasteiger partial charge >= 0.3 is 0 Å². The van der Waals surface area contributed by atoms with Crippen molar-refractivity contribution in [2.75, 3.05) is 0 Å². The fourth-order valence-corrected chi connectivity index (χ4v) is 3.26. The van der Waals surface area contributed by atoms with Crippen LogP contribution in [0.25, 0.3) is 0 Å². The van der Waals surface area contributed by atoms with Crippen LogP contribution in [0.5, 0.6) is 0 Å². The first-order valence-corrected chi connectivity index (χ1v) is 7.32. The van der Waals surface area contributed by atoms with E-state index in [1.807, 2.05) is 0 Å². The van der Waals surface area contributed by atoms with Gasteiger partial charge in [0.05, 0.1) is 0 Å². The van der Waals surface area contributed by atoms with Gasteiger partial charge in [0.15, 0.2) is 0 Å². The van der Waals surface area contributed by atoms with E-state index >= 15 is 0 Å². The van der Waals surface area contributed by atoms with Crippen LogP contribution in [-0.2, 0) is 0 Å². The predicted octanol–water partition coefficient (Wildman–Crippen LogP) is 5.46. The van der Waals surface area contributed by atoms with Gasteiger partial charge in [0.2, 0.25) is 0 Å². The van der Waals surface area contributed by atoms with E-state index in [0.717, 1.165) is 19.3 Å². The molecule has 0 unspecified atom stereocenters. The minimum atomic E-state index is 1.05. The van der Waals surface area contributed by atoms with Crippen molar-refractivity contribution in [2.45, 2.75) is 19.3 Å². The van der Waals surface area contributed by atoms with Crippen molar-refractivity contribution >= 4 is 31.9 Å². The molecule has 17 heavy (non-hydrogen) atoms. The molecule has 0 amide bonds. The lowest BCUT2D eigenvalue weighted by atomic mass is 9.98. The molecule has 0 N–H and O–H groups in total. The van der Waals surface area contributed by atoms with Gasteiger partial charge in [-0.3, -0.25) is 0 Å². The van der Waals surface area contributed by atoms with Gasteiger partial charge in [-0.15, -0.1) is 0 Å². The molecule has 86 valence electrons. The number of rotatable bonds is 2. The number of halogens is 2. The normalized spacial score (nSPS) is 22.9. The van der Waals surface area contributed by atoms with Crippen molar-refractivity contribution in [1.29, 1.82) is 0 Å². The van der Waals surface area contributed by atoms with E-state index in [-0.39, 0.29) is 0 Å². The largest absolute Gasteiger partial charge is 0.0581 e. The molecule has 0 fully saturated rings. The van der Waals surface area contributed by atoms with E-state index in [9.17, 15) is 0 Å². The van der Waals surface area contributed by atoms with Crippen LogP contribution in [0.1, 0.15) is 19.3 Å². The molecule has 0 radical (unpaired) electrons. The zero-order valence-corrected chi connectivity index (χ0v) is 12.5. The SMILES string of the molecule is BrC1=CC=C(C2=CC=C(C3=CC=C(Br)C3)C2)C1. The highest BCUT2D eigenvalue weighted by Crippen LogP contribution is 2.39. The number of allylic oxidation sites excluding steroid dienone is 12. The molecule has 3 aliphatic rings. The highest BCUT2D eigenvalue weighted by Gasteiger charge is 2.19. The fourth-order valence-electron chi connectivity index (χ4n) is 2.39. The third kappa shape index (κ3) is 2.34. The van der Waals surface area contributed by atoms with Crippen LogP contribution in [-0.4, -0.2) is 0 Å². The molecule has 0 atom stereocenters. The Labute approximate surface area is 118 Å². The summed E-state index contributed by atoms with van der Waals surface area (Å²) in [7, 11) is 0. The lowest BCUT2D eigenvalue weighted by molar-refractivity contribution is 1.10. The quantitative estimate of drug-likeness (QED) is 0.619. The average Bonchev–Trinajstić information content (AvgIpc) is 2.96. The third-order valence-electron chi connectivity index (χ3n) is 3.34. The molecule has 3 aliphatic carbocycles. The summed E-state index contributed by atoms with van der Waals surface area (Å²) >= 11 is 7.11. The molecule has 0 heterocycles. The van der Waals surface area contributed by atoms with E-state index < -0.39 is 0 Å². The Morgan fingerprint density at radius 2 is 0.882 bits per heavy atom. The molecule has 0 spiro atoms. The maximum absolute atomic E-state index is 3.55. The summed E-state index contributed by atoms with van der Waals surface area (Å²) in [6.45, 7) is 0. The number of hydrogen-bond acceptors (Lipinski definition) is 0. The minimum Gasteiger partial charge on any atom is -0.0581 e. The first-order valence-electron chi connectivity index (χ1n) is 5.73. The first-order chi connectivity index (χ1) is 8.22. The standard InChI is InChI=1S/C15H12Br2/c16-14-5-3-12(8-14)10-1-2-11(7-10)13-4-6-15(17)9-13/h1-6H,7-9H2. The van der Waals surface area contributed by atoms with Gasteiger partial charge in [-0.05, 0) is 37.7 Å². The lowest BCUT2D eigenvalue weighted by Crippen LogP contribution is -1.89. The zero-order chi connectivity index (χ0) is 11.8. The van der Waals surface area contributed by atoms with Gasteiger partial charge < -0.3 is 0 Å². The van der Waals surface area contributed by atoms with Crippen LogP contribution in [0.4, 0.5) is 0 Å². The molecular weight excluding hydrogens is 340 g/mol. The van der Waals surface area contributed by atoms with Gasteiger partial charge in [0.1, 0.15) is 0 Å². The van der Waals surface area contributed by atoms with E-state index in [2.05, 4.69) is 68.3 Å². The number of hydrogen-bond donors (Lipinski definition) is 0. The Balaban J connectivity index is 1.66. The molecule has 2 heteroatoms. The molecule has 0 aromatic rings. The van der Waals surface area contributed by atoms with E-state index in [0.29, 0.717) is 0 Å². The Bertz CT molecular complexity index is 501. The highest BCUT2D eigenvalue weighted by molar-refractivity contribution is 9.12. The first kappa shape index (κ1) is 11.5. The van der Waals surface area contributed by atoms with Crippen LogP contribution >= 0.6 is 31.9 Å². The average molecular weight is 352 g/mol. The smallest absolute Gasteiger partial charge is 0.00435 e. The Morgan fingerprint density at radius 3 is 1.24 bits per heavy atom. The monoisotopic (exact) mass is 350 g/mol. The molecule has 0 bridgehead atoms. The Hall–Kier alpha value is -0.600. The second-order valence-electron chi connectivity index (χ2n) is 4.53. The molecular formula is C15H12Br2. The summed E-state index contributed by atoms with van der Waals surface area (Å²) in [6.07, 6.45) is 16.5. The van der Waals surface area contributed by atoms with Gasteiger partial charge in [0.25, 0.3) is 0 Å². The second kappa shape index (κ2) is 4.58. The molecule has 0 saturated heterocycles. The molecule has 0 saturated carbocycles. The summed E-state index contributed by atoms with van der Waals surface area (Å²) in [5, 5.41) is 0. The lowest BCUT2D eigenvalue weighted by Gasteiger charge is -2.08. The van der Waals surface area contributed by atoms with Crippen molar-refractivity contribution < 1.29 is 0 Å². The van der Waals surface area contributed by atoms with Crippen molar-refractivity contribution in [1.82, 2.24) is 0 Å². The van der Waals surface area contributed by atoms with Crippen LogP contribution in [0, 0.1) is 0 Å². The molecule has 3 rings (SSSR count). The van der Waals surface area contributed by atoms with Crippen LogP contribution < -0.4 is 0 Å². The maximum Gasteiger partial charge on any atom is 0.00435 e. The van der Waals surface area contributed by atoms with Crippen molar-refractivity contribution in [3.63, 3.8) is 0 Å². The fraction of sp³-hybridized carbons (Fsp3) is 0.200. The minimum absolute atomic E-state index is 1.05. The topological polar surface area (TPSA) is 0 Å². The summed E-state index contributed by atoms with van der Waals surface area (Å²) in [6, 6.07) is 0. The van der Waals surface area contributed by atoms with Gasteiger partial charge in [0, 0.05) is 12.8 Å². The molecule has 0 aromatic heterocycles. The predicted molar refractivity (Wildman–Crippen MR) is 80.2 cm³/mol. The van der Waals surface area contributed by atoms with Crippen LogP contribution in [0.15, 0.2) is 67.7 Å². The molecule has 0 aliphatic heterocycles. The summed E-state index contributed by atoms with van der Waals surface area (Å²) < 4.78 is 2.57. The van der Waals surface area contributed by atoms with E-state index in [1.54, 1.807) is 0 Å². The van der Waals surface area contributed by atoms with E-state index in [4.69, 9.17) is 0 Å². The highest BCUT2D eigenvalue weighted by atomic mass is 79.9. The van der Waals surface area contributed by atoms with Crippen LogP contribution in [0.2, 0.25) is 0 Å². The molecule has 0 nitrogen and oxygen atoms in total. The summed E-state index contributed by atoms with van der Waals surface area (Å²) in [5.74, 6) is 0. The molecule has 0 aromatic carbocycles. The Morgan fingerprint density at radius 1 is 0.529 bits per heavy atom. The van der Waals surface area contributed by atoms with Crippen molar-refractivity contribution in [3.8, 4) is 0 Å². The maximum atomic E-state index is 3.55. The van der Waals surface area contributed by atoms with Gasteiger partial charge in [-0.25, -0.2) is 0 Å². The summed E-state index contributed by atoms with van der Waals surface area (Å²) in [5.41, 5.74) is 5.84.